The average Bonchev–Trinajstić information content (AvgIpc) is 3.33. The summed E-state index contributed by atoms with van der Waals surface area (Å²) in [4.78, 5) is 19.0. The lowest BCUT2D eigenvalue weighted by atomic mass is 9.94. The molecule has 0 radical (unpaired) electrons. The smallest absolute Gasteiger partial charge is 0.274 e. The zero-order valence-electron chi connectivity index (χ0n) is 16.6. The number of amides is 1. The van der Waals surface area contributed by atoms with Crippen molar-refractivity contribution >= 4 is 34.5 Å². The van der Waals surface area contributed by atoms with Gasteiger partial charge >= 0.3 is 0 Å². The van der Waals surface area contributed by atoms with Crippen LogP contribution in [0.4, 0.5) is 5.69 Å². The molecule has 2 aliphatic rings. The zero-order chi connectivity index (χ0) is 20.1. The maximum absolute atomic E-state index is 13.3. The van der Waals surface area contributed by atoms with Gasteiger partial charge < -0.3 is 9.80 Å². The van der Waals surface area contributed by atoms with Gasteiger partial charge in [-0.3, -0.25) is 9.48 Å². The molecule has 3 aromatic rings. The van der Waals surface area contributed by atoms with Gasteiger partial charge in [-0.05, 0) is 48.9 Å². The summed E-state index contributed by atoms with van der Waals surface area (Å²) in [7, 11) is 1.95. The molecule has 0 bridgehead atoms. The first-order valence-corrected chi connectivity index (χ1v) is 11.2. The number of thiophene rings is 1. The number of halogens is 1. The highest BCUT2D eigenvalue weighted by atomic mass is 35.5. The number of aryl methyl sites for hydroxylation is 3. The molecule has 1 amide bonds. The van der Waals surface area contributed by atoms with Crippen LogP contribution >= 0.6 is 22.9 Å². The Balaban J connectivity index is 1.36. The molecule has 1 fully saturated rings. The molecule has 2 aromatic heterocycles. The standard InChI is InChI=1S/C22H23ClN4OS/c1-14-3-4-15(23)13-18(14)26-8-10-27(11-9-26)22(28)20-17-5-6-19-16(7-12-29-19)21(17)25(2)24-20/h3-4,7,12-13H,5-6,8-11H2,1-2H3. The summed E-state index contributed by atoms with van der Waals surface area (Å²) in [6.07, 6.45) is 1.88. The molecule has 1 aromatic carbocycles. The van der Waals surface area contributed by atoms with E-state index in [9.17, 15) is 4.79 Å². The molecule has 3 heterocycles. The van der Waals surface area contributed by atoms with E-state index < -0.39 is 0 Å². The maximum atomic E-state index is 13.3. The van der Waals surface area contributed by atoms with E-state index in [0.717, 1.165) is 47.9 Å². The highest BCUT2D eigenvalue weighted by Gasteiger charge is 2.31. The lowest BCUT2D eigenvalue weighted by Gasteiger charge is -2.36. The Kier molecular flexibility index (Phi) is 4.63. The van der Waals surface area contributed by atoms with E-state index in [-0.39, 0.29) is 5.91 Å². The first-order valence-electron chi connectivity index (χ1n) is 9.96. The molecule has 1 aliphatic heterocycles. The van der Waals surface area contributed by atoms with Gasteiger partial charge in [0.1, 0.15) is 0 Å². The van der Waals surface area contributed by atoms with E-state index in [1.807, 2.05) is 34.8 Å². The summed E-state index contributed by atoms with van der Waals surface area (Å²) in [6, 6.07) is 8.14. The molecular formula is C22H23ClN4OS. The van der Waals surface area contributed by atoms with Gasteiger partial charge in [0.05, 0.1) is 5.69 Å². The quantitative estimate of drug-likeness (QED) is 0.617. The summed E-state index contributed by atoms with van der Waals surface area (Å²) in [5.74, 6) is 0.0583. The Morgan fingerprint density at radius 3 is 2.72 bits per heavy atom. The number of hydrogen-bond acceptors (Lipinski definition) is 4. The Bertz CT molecular complexity index is 1090. The van der Waals surface area contributed by atoms with Crippen LogP contribution in [0.15, 0.2) is 29.6 Å². The van der Waals surface area contributed by atoms with Crippen LogP contribution in [0.2, 0.25) is 5.02 Å². The molecule has 1 saturated heterocycles. The molecule has 0 spiro atoms. The van der Waals surface area contributed by atoms with Crippen molar-refractivity contribution in [3.63, 3.8) is 0 Å². The SMILES string of the molecule is Cc1ccc(Cl)cc1N1CCN(C(=O)c2nn(C)c3c2CCc2sccc2-3)CC1. The molecule has 0 N–H and O–H groups in total. The summed E-state index contributed by atoms with van der Waals surface area (Å²) < 4.78 is 1.89. The molecule has 1 aliphatic carbocycles. The van der Waals surface area contributed by atoms with Gasteiger partial charge in [-0.1, -0.05) is 17.7 Å². The van der Waals surface area contributed by atoms with Gasteiger partial charge in [-0.25, -0.2) is 0 Å². The highest BCUT2D eigenvalue weighted by Crippen LogP contribution is 2.38. The minimum atomic E-state index is 0.0583. The van der Waals surface area contributed by atoms with Gasteiger partial charge in [0.25, 0.3) is 5.91 Å². The minimum absolute atomic E-state index is 0.0583. The first-order chi connectivity index (χ1) is 14.0. The van der Waals surface area contributed by atoms with Crippen LogP contribution in [0, 0.1) is 6.92 Å². The van der Waals surface area contributed by atoms with Crippen molar-refractivity contribution in [3.8, 4) is 11.3 Å². The lowest BCUT2D eigenvalue weighted by Crippen LogP contribution is -2.49. The minimum Gasteiger partial charge on any atom is -0.368 e. The second-order valence-electron chi connectivity index (χ2n) is 7.77. The van der Waals surface area contributed by atoms with Crippen LogP contribution in [0.5, 0.6) is 0 Å². The molecule has 0 unspecified atom stereocenters. The maximum Gasteiger partial charge on any atom is 0.274 e. The number of carbonyl (C=O) groups is 1. The number of carbonyl (C=O) groups excluding carboxylic acids is 1. The van der Waals surface area contributed by atoms with Crippen molar-refractivity contribution in [2.45, 2.75) is 19.8 Å². The monoisotopic (exact) mass is 426 g/mol. The van der Waals surface area contributed by atoms with Crippen LogP contribution in [0.25, 0.3) is 11.3 Å². The Hall–Kier alpha value is -2.31. The second-order valence-corrected chi connectivity index (χ2v) is 9.20. The van der Waals surface area contributed by atoms with Crippen LogP contribution < -0.4 is 4.90 Å². The van der Waals surface area contributed by atoms with Crippen molar-refractivity contribution < 1.29 is 4.79 Å². The highest BCUT2D eigenvalue weighted by molar-refractivity contribution is 7.10. The molecular weight excluding hydrogens is 404 g/mol. The van der Waals surface area contributed by atoms with Gasteiger partial charge in [0, 0.05) is 59.9 Å². The molecule has 7 heteroatoms. The largest absolute Gasteiger partial charge is 0.368 e. The second kappa shape index (κ2) is 7.18. The number of anilines is 1. The first kappa shape index (κ1) is 18.7. The van der Waals surface area contributed by atoms with Crippen molar-refractivity contribution in [2.24, 2.45) is 7.05 Å². The van der Waals surface area contributed by atoms with Gasteiger partial charge in [-0.15, -0.1) is 11.3 Å². The van der Waals surface area contributed by atoms with Crippen molar-refractivity contribution in [3.05, 3.63) is 56.4 Å². The van der Waals surface area contributed by atoms with E-state index in [1.165, 1.54) is 16.0 Å². The number of aromatic nitrogens is 2. The predicted octanol–water partition coefficient (Wildman–Crippen LogP) is 4.17. The third-order valence-corrected chi connectivity index (χ3v) is 7.25. The van der Waals surface area contributed by atoms with E-state index >= 15 is 0 Å². The van der Waals surface area contributed by atoms with Crippen LogP contribution in [0.3, 0.4) is 0 Å². The zero-order valence-corrected chi connectivity index (χ0v) is 18.2. The van der Waals surface area contributed by atoms with Crippen molar-refractivity contribution in [2.75, 3.05) is 31.1 Å². The predicted molar refractivity (Wildman–Crippen MR) is 118 cm³/mol. The average molecular weight is 427 g/mol. The van der Waals surface area contributed by atoms with E-state index in [1.54, 1.807) is 11.3 Å². The van der Waals surface area contributed by atoms with E-state index in [2.05, 4.69) is 28.4 Å². The molecule has 0 atom stereocenters. The fourth-order valence-corrected chi connectivity index (χ4v) is 5.57. The van der Waals surface area contributed by atoms with Crippen molar-refractivity contribution in [1.29, 1.82) is 0 Å². The van der Waals surface area contributed by atoms with E-state index in [0.29, 0.717) is 18.8 Å². The van der Waals surface area contributed by atoms with Gasteiger partial charge in [0.15, 0.2) is 5.69 Å². The molecule has 150 valence electrons. The summed E-state index contributed by atoms with van der Waals surface area (Å²) in [5.41, 5.74) is 6.46. The van der Waals surface area contributed by atoms with Crippen LogP contribution in [-0.4, -0.2) is 46.8 Å². The van der Waals surface area contributed by atoms with E-state index in [4.69, 9.17) is 11.6 Å². The van der Waals surface area contributed by atoms with Crippen LogP contribution in [-0.2, 0) is 19.9 Å². The van der Waals surface area contributed by atoms with Gasteiger partial charge in [-0.2, -0.15) is 5.10 Å². The number of benzene rings is 1. The van der Waals surface area contributed by atoms with Gasteiger partial charge in [0.2, 0.25) is 0 Å². The van der Waals surface area contributed by atoms with Crippen molar-refractivity contribution in [1.82, 2.24) is 14.7 Å². The Morgan fingerprint density at radius 2 is 1.93 bits per heavy atom. The number of fused-ring (bicyclic) bond motifs is 3. The number of piperazine rings is 1. The number of hydrogen-bond donors (Lipinski definition) is 0. The third kappa shape index (κ3) is 3.15. The summed E-state index contributed by atoms with van der Waals surface area (Å²) in [5, 5.41) is 7.53. The number of rotatable bonds is 2. The Labute approximate surface area is 179 Å². The van der Waals surface area contributed by atoms with Crippen LogP contribution in [0.1, 0.15) is 26.5 Å². The topological polar surface area (TPSA) is 41.4 Å². The third-order valence-electron chi connectivity index (χ3n) is 6.03. The molecule has 29 heavy (non-hydrogen) atoms. The molecule has 0 saturated carbocycles. The fourth-order valence-electron chi connectivity index (χ4n) is 4.52. The summed E-state index contributed by atoms with van der Waals surface area (Å²) in [6.45, 7) is 5.09. The lowest BCUT2D eigenvalue weighted by molar-refractivity contribution is 0.0739. The summed E-state index contributed by atoms with van der Waals surface area (Å²) >= 11 is 7.98. The molecule has 5 nitrogen and oxygen atoms in total. The fraction of sp³-hybridized carbons (Fsp3) is 0.364. The number of nitrogens with zero attached hydrogens (tertiary/aromatic N) is 4. The Morgan fingerprint density at radius 1 is 1.14 bits per heavy atom. The normalized spacial score (nSPS) is 16.0. The molecule has 5 rings (SSSR count).